The molecule has 8 nitrogen and oxygen atoms in total. The SMILES string of the molecule is COC(=O)NC(C)(C)C=Cn1ncc(C(=O)NC2C3CC4CC2CC(O)(C4)C3)c1C(F)(F)F. The van der Waals surface area contributed by atoms with E-state index in [-0.39, 0.29) is 17.9 Å². The molecule has 33 heavy (non-hydrogen) atoms. The number of alkyl carbamates (subject to hydrolysis) is 1. The van der Waals surface area contributed by atoms with Crippen LogP contribution in [0.3, 0.4) is 0 Å². The lowest BCUT2D eigenvalue weighted by molar-refractivity contribution is -0.143. The van der Waals surface area contributed by atoms with Gasteiger partial charge in [-0.15, -0.1) is 0 Å². The second-order valence-corrected chi connectivity index (χ2v) is 10.2. The van der Waals surface area contributed by atoms with Crippen molar-refractivity contribution in [1.29, 1.82) is 0 Å². The predicted octanol–water partition coefficient (Wildman–Crippen LogP) is 3.18. The summed E-state index contributed by atoms with van der Waals surface area (Å²) in [5.74, 6) is -0.265. The lowest BCUT2D eigenvalue weighted by atomic mass is 9.52. The summed E-state index contributed by atoms with van der Waals surface area (Å²) in [5.41, 5.74) is -3.47. The van der Waals surface area contributed by atoms with E-state index >= 15 is 0 Å². The lowest BCUT2D eigenvalue weighted by Gasteiger charge is -2.58. The van der Waals surface area contributed by atoms with E-state index in [9.17, 15) is 27.9 Å². The summed E-state index contributed by atoms with van der Waals surface area (Å²) in [6.07, 6.45) is 1.41. The smallest absolute Gasteiger partial charge is 0.434 e. The number of rotatable bonds is 5. The van der Waals surface area contributed by atoms with Crippen molar-refractivity contribution in [3.63, 3.8) is 0 Å². The molecule has 4 aliphatic rings. The van der Waals surface area contributed by atoms with Crippen LogP contribution in [0.5, 0.6) is 0 Å². The first-order chi connectivity index (χ1) is 15.3. The Kier molecular flexibility index (Phi) is 5.74. The van der Waals surface area contributed by atoms with Gasteiger partial charge in [-0.3, -0.25) is 4.79 Å². The number of hydrogen-bond acceptors (Lipinski definition) is 5. The van der Waals surface area contributed by atoms with Crippen molar-refractivity contribution < 1.29 is 32.6 Å². The molecule has 0 aromatic carbocycles. The number of aromatic nitrogens is 2. The summed E-state index contributed by atoms with van der Waals surface area (Å²) >= 11 is 0. The van der Waals surface area contributed by atoms with E-state index in [0.29, 0.717) is 23.4 Å². The summed E-state index contributed by atoms with van der Waals surface area (Å²) in [7, 11) is 1.18. The minimum atomic E-state index is -4.83. The Morgan fingerprint density at radius 3 is 2.42 bits per heavy atom. The molecule has 1 aromatic heterocycles. The van der Waals surface area contributed by atoms with Crippen LogP contribution < -0.4 is 10.6 Å². The van der Waals surface area contributed by atoms with E-state index in [1.54, 1.807) is 13.8 Å². The molecule has 1 aromatic rings. The average Bonchev–Trinajstić information content (AvgIpc) is 3.12. The van der Waals surface area contributed by atoms with Crippen LogP contribution in [0.4, 0.5) is 18.0 Å². The zero-order valence-electron chi connectivity index (χ0n) is 18.8. The minimum absolute atomic E-state index is 0.0691. The predicted molar refractivity (Wildman–Crippen MR) is 112 cm³/mol. The van der Waals surface area contributed by atoms with Gasteiger partial charge in [-0.1, -0.05) is 0 Å². The summed E-state index contributed by atoms with van der Waals surface area (Å²) < 4.78 is 46.8. The number of alkyl halides is 3. The maximum Gasteiger partial charge on any atom is 0.434 e. The fourth-order valence-electron chi connectivity index (χ4n) is 5.98. The molecule has 182 valence electrons. The number of aliphatic hydroxyl groups is 1. The number of nitrogens with zero attached hydrogens (tertiary/aromatic N) is 2. The van der Waals surface area contributed by atoms with Crippen LogP contribution in [0.1, 0.15) is 62.0 Å². The molecule has 4 saturated carbocycles. The molecule has 2 atom stereocenters. The van der Waals surface area contributed by atoms with Crippen molar-refractivity contribution in [1.82, 2.24) is 20.4 Å². The Morgan fingerprint density at radius 1 is 1.24 bits per heavy atom. The summed E-state index contributed by atoms with van der Waals surface area (Å²) in [4.78, 5) is 24.4. The largest absolute Gasteiger partial charge is 0.453 e. The topological polar surface area (TPSA) is 105 Å². The van der Waals surface area contributed by atoms with E-state index in [1.165, 1.54) is 13.2 Å². The van der Waals surface area contributed by atoms with Gasteiger partial charge in [-0.25, -0.2) is 9.48 Å². The highest BCUT2D eigenvalue weighted by Crippen LogP contribution is 2.55. The Balaban J connectivity index is 1.55. The van der Waals surface area contributed by atoms with E-state index in [0.717, 1.165) is 31.7 Å². The first-order valence-electron chi connectivity index (χ1n) is 11.0. The highest BCUT2D eigenvalue weighted by Gasteiger charge is 2.55. The summed E-state index contributed by atoms with van der Waals surface area (Å²) in [6, 6.07) is -0.252. The highest BCUT2D eigenvalue weighted by molar-refractivity contribution is 5.95. The van der Waals surface area contributed by atoms with Crippen molar-refractivity contribution in [2.24, 2.45) is 17.8 Å². The molecule has 4 bridgehead atoms. The van der Waals surface area contributed by atoms with Gasteiger partial charge < -0.3 is 20.5 Å². The monoisotopic (exact) mass is 470 g/mol. The molecule has 2 unspecified atom stereocenters. The van der Waals surface area contributed by atoms with Crippen molar-refractivity contribution in [3.05, 3.63) is 23.5 Å². The van der Waals surface area contributed by atoms with Gasteiger partial charge in [0, 0.05) is 12.2 Å². The fraction of sp³-hybridized carbons (Fsp3) is 0.682. The summed E-state index contributed by atoms with van der Waals surface area (Å²) in [5, 5.41) is 19.8. The molecule has 11 heteroatoms. The number of ether oxygens (including phenoxy) is 1. The molecule has 0 spiro atoms. The highest BCUT2D eigenvalue weighted by atomic mass is 19.4. The zero-order chi connectivity index (χ0) is 24.2. The first kappa shape index (κ1) is 23.6. The van der Waals surface area contributed by atoms with Crippen LogP contribution in [0, 0.1) is 17.8 Å². The molecule has 0 aliphatic heterocycles. The molecule has 1 heterocycles. The third-order valence-electron chi connectivity index (χ3n) is 7.09. The third-order valence-corrected chi connectivity index (χ3v) is 7.09. The molecule has 4 aliphatic carbocycles. The van der Waals surface area contributed by atoms with E-state index < -0.39 is 40.6 Å². The van der Waals surface area contributed by atoms with E-state index in [1.807, 2.05) is 0 Å². The number of nitrogens with one attached hydrogen (secondary N) is 2. The Morgan fingerprint density at radius 2 is 1.88 bits per heavy atom. The van der Waals surface area contributed by atoms with Gasteiger partial charge in [0.1, 0.15) is 0 Å². The van der Waals surface area contributed by atoms with Gasteiger partial charge in [-0.2, -0.15) is 18.3 Å². The molecule has 0 saturated heterocycles. The summed E-state index contributed by atoms with van der Waals surface area (Å²) in [6.45, 7) is 3.15. The molecule has 4 fully saturated rings. The lowest BCUT2D eigenvalue weighted by Crippen LogP contribution is -2.61. The van der Waals surface area contributed by atoms with Crippen LogP contribution in [0.15, 0.2) is 12.3 Å². The molecule has 3 N–H and O–H groups in total. The number of methoxy groups -OCH3 is 1. The van der Waals surface area contributed by atoms with E-state index in [2.05, 4.69) is 20.5 Å². The Labute approximate surface area is 189 Å². The van der Waals surface area contributed by atoms with Crippen LogP contribution >= 0.6 is 0 Å². The number of carbonyl (C=O) groups is 2. The third kappa shape index (κ3) is 4.73. The maximum atomic E-state index is 13.9. The van der Waals surface area contributed by atoms with Gasteiger partial charge in [0.15, 0.2) is 5.69 Å². The fourth-order valence-corrected chi connectivity index (χ4v) is 5.98. The van der Waals surface area contributed by atoms with Crippen molar-refractivity contribution in [2.75, 3.05) is 7.11 Å². The van der Waals surface area contributed by atoms with Gasteiger partial charge in [-0.05, 0) is 69.8 Å². The number of amides is 2. The van der Waals surface area contributed by atoms with Crippen LogP contribution in [-0.4, -0.2) is 51.2 Å². The zero-order valence-corrected chi connectivity index (χ0v) is 18.8. The van der Waals surface area contributed by atoms with Crippen LogP contribution in [0.2, 0.25) is 0 Å². The van der Waals surface area contributed by atoms with E-state index in [4.69, 9.17) is 0 Å². The van der Waals surface area contributed by atoms with Gasteiger partial charge in [0.2, 0.25) is 0 Å². The second-order valence-electron chi connectivity index (χ2n) is 10.2. The number of halogens is 3. The van der Waals surface area contributed by atoms with Crippen LogP contribution in [-0.2, 0) is 10.9 Å². The van der Waals surface area contributed by atoms with Gasteiger partial charge in [0.25, 0.3) is 5.91 Å². The molecular formula is C22H29F3N4O4. The van der Waals surface area contributed by atoms with Crippen molar-refractivity contribution in [3.8, 4) is 0 Å². The Hall–Kier alpha value is -2.56. The van der Waals surface area contributed by atoms with Crippen molar-refractivity contribution in [2.45, 2.75) is 69.3 Å². The number of hydrogen-bond donors (Lipinski definition) is 3. The second kappa shape index (κ2) is 8.03. The molecule has 5 rings (SSSR count). The molecular weight excluding hydrogens is 441 g/mol. The normalized spacial score (nSPS) is 31.1. The quantitative estimate of drug-likeness (QED) is 0.613. The minimum Gasteiger partial charge on any atom is -0.453 e. The van der Waals surface area contributed by atoms with Crippen LogP contribution in [0.25, 0.3) is 6.20 Å². The first-order valence-corrected chi connectivity index (χ1v) is 11.0. The average molecular weight is 470 g/mol. The van der Waals surface area contributed by atoms with Gasteiger partial charge in [0.05, 0.1) is 30.0 Å². The standard InChI is InChI=1S/C22H29F3N4O4/c1-20(2,28-19(31)33-3)4-5-29-17(22(23,24)25)15(11-26-29)18(30)27-16-13-6-12-7-14(16)10-21(32,8-12)9-13/h4-5,11-14,16,32H,6-10H2,1-3H3,(H,27,30)(H,28,31). The molecule has 2 amide bonds. The van der Waals surface area contributed by atoms with Crippen molar-refractivity contribution >= 4 is 18.2 Å². The number of carbonyl (C=O) groups excluding carboxylic acids is 2. The molecule has 0 radical (unpaired) electrons. The Bertz CT molecular complexity index is 955. The van der Waals surface area contributed by atoms with Gasteiger partial charge >= 0.3 is 12.3 Å². The maximum absolute atomic E-state index is 13.9.